The van der Waals surface area contributed by atoms with Gasteiger partial charge in [-0.3, -0.25) is 0 Å². The Morgan fingerprint density at radius 1 is 1.54 bits per heavy atom. The minimum Gasteiger partial charge on any atom is -0.480 e. The molecule has 0 aromatic carbocycles. The van der Waals surface area contributed by atoms with E-state index in [1.807, 2.05) is 0 Å². The molecule has 0 N–H and O–H groups in total. The zero-order valence-electron chi connectivity index (χ0n) is 7.20. The summed E-state index contributed by atoms with van der Waals surface area (Å²) in [6, 6.07) is 1.59. The van der Waals surface area contributed by atoms with Gasteiger partial charge in [0, 0.05) is 6.20 Å². The van der Waals surface area contributed by atoms with Crippen LogP contribution in [0, 0.1) is 0 Å². The Labute approximate surface area is 84.0 Å². The lowest BCUT2D eigenvalue weighted by atomic mass is 10.3. The summed E-state index contributed by atoms with van der Waals surface area (Å²) in [6.07, 6.45) is 1.40. The second-order valence-electron chi connectivity index (χ2n) is 2.21. The van der Waals surface area contributed by atoms with Crippen LogP contribution in [0.15, 0.2) is 16.7 Å². The first-order valence-corrected chi connectivity index (χ1v) is 4.26. The fourth-order valence-electron chi connectivity index (χ4n) is 0.805. The van der Waals surface area contributed by atoms with Crippen LogP contribution in [-0.4, -0.2) is 25.2 Å². The van der Waals surface area contributed by atoms with Crippen LogP contribution in [0.25, 0.3) is 0 Å². The number of carbonyl (C=O) groups excluding carboxylic acids is 1. The molecule has 0 fully saturated rings. The van der Waals surface area contributed by atoms with E-state index in [9.17, 15) is 4.79 Å². The third-order valence-corrected chi connectivity index (χ3v) is 1.99. The van der Waals surface area contributed by atoms with E-state index in [0.717, 1.165) is 0 Å². The van der Waals surface area contributed by atoms with Crippen LogP contribution < -0.4 is 4.74 Å². The van der Waals surface area contributed by atoms with E-state index in [1.54, 1.807) is 6.07 Å². The van der Waals surface area contributed by atoms with E-state index in [2.05, 4.69) is 25.7 Å². The summed E-state index contributed by atoms with van der Waals surface area (Å²) < 4.78 is 10.1. The average Bonchev–Trinajstić information content (AvgIpc) is 2.16. The summed E-state index contributed by atoms with van der Waals surface area (Å²) in [5, 5.41) is 0. The maximum atomic E-state index is 11.0. The highest BCUT2D eigenvalue weighted by molar-refractivity contribution is 9.10. The fourth-order valence-corrected chi connectivity index (χ4v) is 1.32. The molecule has 1 rings (SSSR count). The molecule has 70 valence electrons. The topological polar surface area (TPSA) is 48.4 Å². The fraction of sp³-hybridized carbons (Fsp3) is 0.250. The zero-order chi connectivity index (χ0) is 9.84. The highest BCUT2D eigenvalue weighted by Gasteiger charge is 2.09. The van der Waals surface area contributed by atoms with Gasteiger partial charge in [-0.05, 0) is 22.0 Å². The first kappa shape index (κ1) is 9.98. The van der Waals surface area contributed by atoms with Gasteiger partial charge in [-0.1, -0.05) is 0 Å². The molecule has 0 radical (unpaired) electrons. The third-order valence-electron chi connectivity index (χ3n) is 1.42. The lowest BCUT2D eigenvalue weighted by Crippen LogP contribution is -2.02. The van der Waals surface area contributed by atoms with Crippen molar-refractivity contribution in [2.24, 2.45) is 0 Å². The summed E-state index contributed by atoms with van der Waals surface area (Å²) in [7, 11) is 2.82. The van der Waals surface area contributed by atoms with Gasteiger partial charge in [0.05, 0.1) is 24.3 Å². The smallest absolute Gasteiger partial charge is 0.339 e. The van der Waals surface area contributed by atoms with Crippen molar-refractivity contribution in [3.8, 4) is 5.88 Å². The van der Waals surface area contributed by atoms with Crippen molar-refractivity contribution in [3.63, 3.8) is 0 Å². The Bertz CT molecular complexity index is 327. The van der Waals surface area contributed by atoms with E-state index >= 15 is 0 Å². The zero-order valence-corrected chi connectivity index (χ0v) is 8.79. The van der Waals surface area contributed by atoms with Crippen molar-refractivity contribution in [1.82, 2.24) is 4.98 Å². The van der Waals surface area contributed by atoms with Crippen LogP contribution >= 0.6 is 15.9 Å². The Morgan fingerprint density at radius 3 is 2.69 bits per heavy atom. The molecular formula is C8H8BrNO3. The molecule has 0 atom stereocenters. The predicted molar refractivity (Wildman–Crippen MR) is 49.8 cm³/mol. The average molecular weight is 246 g/mol. The minimum atomic E-state index is -0.421. The quantitative estimate of drug-likeness (QED) is 0.744. The SMILES string of the molecule is COC(=O)c1cnc(OC)c(Br)c1. The van der Waals surface area contributed by atoms with Gasteiger partial charge in [-0.25, -0.2) is 9.78 Å². The number of nitrogens with zero attached hydrogens (tertiary/aromatic N) is 1. The van der Waals surface area contributed by atoms with E-state index < -0.39 is 5.97 Å². The molecule has 5 heteroatoms. The number of halogens is 1. The van der Waals surface area contributed by atoms with Gasteiger partial charge >= 0.3 is 5.97 Å². The first-order valence-electron chi connectivity index (χ1n) is 3.47. The molecule has 0 bridgehead atoms. The number of ether oxygens (including phenoxy) is 2. The molecule has 0 aliphatic heterocycles. The predicted octanol–water partition coefficient (Wildman–Crippen LogP) is 1.64. The largest absolute Gasteiger partial charge is 0.480 e. The van der Waals surface area contributed by atoms with Crippen LogP contribution in [0.3, 0.4) is 0 Å². The number of esters is 1. The number of methoxy groups -OCH3 is 2. The van der Waals surface area contributed by atoms with Gasteiger partial charge in [-0.2, -0.15) is 0 Å². The number of hydrogen-bond acceptors (Lipinski definition) is 4. The van der Waals surface area contributed by atoms with Gasteiger partial charge < -0.3 is 9.47 Å². The molecule has 0 aliphatic rings. The minimum absolute atomic E-state index is 0.384. The number of pyridine rings is 1. The molecule has 13 heavy (non-hydrogen) atoms. The summed E-state index contributed by atoms with van der Waals surface area (Å²) >= 11 is 3.21. The van der Waals surface area contributed by atoms with Gasteiger partial charge in [-0.15, -0.1) is 0 Å². The molecule has 4 nitrogen and oxygen atoms in total. The molecule has 1 aromatic heterocycles. The van der Waals surface area contributed by atoms with Gasteiger partial charge in [0.1, 0.15) is 0 Å². The van der Waals surface area contributed by atoms with Crippen molar-refractivity contribution in [1.29, 1.82) is 0 Å². The van der Waals surface area contributed by atoms with Crippen molar-refractivity contribution >= 4 is 21.9 Å². The summed E-state index contributed by atoms with van der Waals surface area (Å²) in [6.45, 7) is 0. The van der Waals surface area contributed by atoms with E-state index in [4.69, 9.17) is 4.74 Å². The molecule has 0 amide bonds. The molecular weight excluding hydrogens is 238 g/mol. The Hall–Kier alpha value is -1.10. The summed E-state index contributed by atoms with van der Waals surface area (Å²) in [4.78, 5) is 14.9. The lowest BCUT2D eigenvalue weighted by Gasteiger charge is -2.03. The van der Waals surface area contributed by atoms with Crippen molar-refractivity contribution in [2.45, 2.75) is 0 Å². The van der Waals surface area contributed by atoms with Gasteiger partial charge in [0.2, 0.25) is 5.88 Å². The summed E-state index contributed by atoms with van der Waals surface area (Å²) in [5.74, 6) is 0.0171. The number of hydrogen-bond donors (Lipinski definition) is 0. The highest BCUT2D eigenvalue weighted by Crippen LogP contribution is 2.22. The number of carbonyl (C=O) groups is 1. The van der Waals surface area contributed by atoms with E-state index in [0.29, 0.717) is 15.9 Å². The lowest BCUT2D eigenvalue weighted by molar-refractivity contribution is 0.0600. The molecule has 0 aliphatic carbocycles. The molecule has 0 saturated heterocycles. The second kappa shape index (κ2) is 4.23. The number of aromatic nitrogens is 1. The Balaban J connectivity index is 3.02. The molecule has 0 spiro atoms. The Kier molecular flexibility index (Phi) is 3.25. The van der Waals surface area contributed by atoms with Crippen LogP contribution in [0.4, 0.5) is 0 Å². The summed E-state index contributed by atoms with van der Waals surface area (Å²) in [5.41, 5.74) is 0.384. The maximum Gasteiger partial charge on any atom is 0.339 e. The van der Waals surface area contributed by atoms with Crippen LogP contribution in [0.1, 0.15) is 10.4 Å². The third kappa shape index (κ3) is 2.18. The van der Waals surface area contributed by atoms with E-state index in [1.165, 1.54) is 20.4 Å². The molecule has 0 saturated carbocycles. The monoisotopic (exact) mass is 245 g/mol. The van der Waals surface area contributed by atoms with Crippen LogP contribution in [0.5, 0.6) is 5.88 Å². The number of rotatable bonds is 2. The normalized spacial score (nSPS) is 9.46. The van der Waals surface area contributed by atoms with E-state index in [-0.39, 0.29) is 0 Å². The standard InChI is InChI=1S/C8H8BrNO3/c1-12-7-6(9)3-5(4-10-7)8(11)13-2/h3-4H,1-2H3. The van der Waals surface area contributed by atoms with Crippen LogP contribution in [-0.2, 0) is 4.74 Å². The first-order chi connectivity index (χ1) is 6.19. The van der Waals surface area contributed by atoms with Crippen LogP contribution in [0.2, 0.25) is 0 Å². The van der Waals surface area contributed by atoms with Crippen molar-refractivity contribution < 1.29 is 14.3 Å². The molecule has 0 unspecified atom stereocenters. The van der Waals surface area contributed by atoms with Gasteiger partial charge in [0.15, 0.2) is 0 Å². The second-order valence-corrected chi connectivity index (χ2v) is 3.06. The van der Waals surface area contributed by atoms with Crippen molar-refractivity contribution in [2.75, 3.05) is 14.2 Å². The maximum absolute atomic E-state index is 11.0. The van der Waals surface area contributed by atoms with Gasteiger partial charge in [0.25, 0.3) is 0 Å². The Morgan fingerprint density at radius 2 is 2.23 bits per heavy atom. The van der Waals surface area contributed by atoms with Crippen molar-refractivity contribution in [3.05, 3.63) is 22.3 Å². The highest BCUT2D eigenvalue weighted by atomic mass is 79.9. The molecule has 1 aromatic rings. The molecule has 1 heterocycles.